The number of hydrogen-bond acceptors (Lipinski definition) is 4. The van der Waals surface area contributed by atoms with E-state index in [0.29, 0.717) is 25.9 Å². The van der Waals surface area contributed by atoms with Crippen molar-refractivity contribution in [2.75, 3.05) is 6.61 Å². The van der Waals surface area contributed by atoms with Crippen LogP contribution < -0.4 is 0 Å². The summed E-state index contributed by atoms with van der Waals surface area (Å²) in [5, 5.41) is -0.403. The molecule has 0 radical (unpaired) electrons. The van der Waals surface area contributed by atoms with Gasteiger partial charge in [-0.1, -0.05) is 24.3 Å². The maximum absolute atomic E-state index is 11.3. The van der Waals surface area contributed by atoms with Gasteiger partial charge in [-0.15, -0.1) is 0 Å². The molecule has 0 aliphatic carbocycles. The van der Waals surface area contributed by atoms with Gasteiger partial charge in [-0.25, -0.2) is 0 Å². The number of rotatable bonds is 6. The molecule has 1 aromatic rings. The first-order valence-electron chi connectivity index (χ1n) is 6.61. The number of benzene rings is 1. The average Bonchev–Trinajstić information content (AvgIpc) is 2.36. The van der Waals surface area contributed by atoms with Crippen molar-refractivity contribution in [3.05, 3.63) is 35.4 Å². The fraction of sp³-hybridized carbons (Fsp3) is 0.400. The van der Waals surface area contributed by atoms with Gasteiger partial charge in [-0.3, -0.25) is 14.6 Å². The quantitative estimate of drug-likeness (QED) is 0.598. The Morgan fingerprint density at radius 1 is 1.35 bits per heavy atom. The predicted molar refractivity (Wildman–Crippen MR) is 77.2 cm³/mol. The zero-order chi connectivity index (χ0) is 14.5. The number of aliphatic imine (C=N–C) groups is 1. The van der Waals surface area contributed by atoms with Gasteiger partial charge in [-0.2, -0.15) is 0 Å². The normalized spacial score (nSPS) is 17.1. The third-order valence-corrected chi connectivity index (χ3v) is 3.42. The number of ether oxygens (including phenoxy) is 1. The second-order valence-corrected chi connectivity index (χ2v) is 4.97. The van der Waals surface area contributed by atoms with Crippen LogP contribution in [0, 0.1) is 0 Å². The summed E-state index contributed by atoms with van der Waals surface area (Å²) in [4.78, 5) is 26.3. The lowest BCUT2D eigenvalue weighted by molar-refractivity contribution is -0.143. The molecule has 1 aliphatic rings. The van der Waals surface area contributed by atoms with E-state index in [1.807, 2.05) is 24.3 Å². The molecule has 5 heteroatoms. The average molecular weight is 294 g/mol. The molecule has 0 spiro atoms. The van der Waals surface area contributed by atoms with E-state index < -0.39 is 5.24 Å². The summed E-state index contributed by atoms with van der Waals surface area (Å²) in [5.74, 6) is -0.177. The van der Waals surface area contributed by atoms with Crippen molar-refractivity contribution in [1.29, 1.82) is 0 Å². The van der Waals surface area contributed by atoms with Gasteiger partial charge >= 0.3 is 5.97 Å². The van der Waals surface area contributed by atoms with Crippen LogP contribution >= 0.6 is 11.6 Å². The minimum Gasteiger partial charge on any atom is -0.466 e. The first kappa shape index (κ1) is 14.7. The third kappa shape index (κ3) is 3.67. The molecule has 0 saturated heterocycles. The summed E-state index contributed by atoms with van der Waals surface area (Å²) < 4.78 is 4.88. The second kappa shape index (κ2) is 6.66. The molecule has 1 atom stereocenters. The highest BCUT2D eigenvalue weighted by atomic mass is 35.5. The van der Waals surface area contributed by atoms with Crippen LogP contribution in [0.15, 0.2) is 29.3 Å². The van der Waals surface area contributed by atoms with E-state index in [2.05, 4.69) is 4.99 Å². The summed E-state index contributed by atoms with van der Waals surface area (Å²) in [5.41, 5.74) is 2.98. The Hall–Kier alpha value is -1.68. The Balaban J connectivity index is 1.89. The van der Waals surface area contributed by atoms with Crippen LogP contribution in [-0.4, -0.2) is 29.6 Å². The molecular formula is C15H16ClNO3. The van der Waals surface area contributed by atoms with Crippen molar-refractivity contribution < 1.29 is 14.3 Å². The molecule has 20 heavy (non-hydrogen) atoms. The number of carbonyl (C=O) groups is 2. The van der Waals surface area contributed by atoms with E-state index in [9.17, 15) is 9.59 Å². The molecule has 0 amide bonds. The molecule has 2 rings (SSSR count). The van der Waals surface area contributed by atoms with Crippen molar-refractivity contribution in [1.82, 2.24) is 0 Å². The Kier molecular flexibility index (Phi) is 4.90. The van der Waals surface area contributed by atoms with E-state index in [0.717, 1.165) is 16.8 Å². The van der Waals surface area contributed by atoms with E-state index in [4.69, 9.17) is 16.3 Å². The van der Waals surface area contributed by atoms with Crippen LogP contribution in [0.2, 0.25) is 0 Å². The summed E-state index contributed by atoms with van der Waals surface area (Å²) in [6.45, 7) is 2.21. The minimum absolute atomic E-state index is 0.177. The first-order valence-corrected chi connectivity index (χ1v) is 6.99. The summed E-state index contributed by atoms with van der Waals surface area (Å²) in [7, 11) is 0. The van der Waals surface area contributed by atoms with Crippen molar-refractivity contribution in [2.24, 2.45) is 4.99 Å². The van der Waals surface area contributed by atoms with Gasteiger partial charge in [0.05, 0.1) is 6.61 Å². The smallest absolute Gasteiger partial charge is 0.306 e. The van der Waals surface area contributed by atoms with Gasteiger partial charge in [-0.05, 0) is 36.1 Å². The highest BCUT2D eigenvalue weighted by molar-refractivity contribution is 6.65. The van der Waals surface area contributed by atoms with Crippen molar-refractivity contribution >= 4 is 28.5 Å². The Bertz CT molecular complexity index is 537. The Morgan fingerprint density at radius 3 is 2.55 bits per heavy atom. The SMILES string of the molecule is CCOC(=O)CCc1ccc(C2=NC(C(=O)Cl)C2)cc1. The number of nitrogens with zero attached hydrogens (tertiary/aromatic N) is 1. The summed E-state index contributed by atoms with van der Waals surface area (Å²) >= 11 is 5.36. The molecule has 4 nitrogen and oxygen atoms in total. The van der Waals surface area contributed by atoms with Gasteiger partial charge in [0.1, 0.15) is 6.04 Å². The topological polar surface area (TPSA) is 55.7 Å². The molecule has 0 bridgehead atoms. The number of halogens is 1. The summed E-state index contributed by atoms with van der Waals surface area (Å²) in [6.07, 6.45) is 1.65. The van der Waals surface area contributed by atoms with Crippen LogP contribution in [0.4, 0.5) is 0 Å². The number of hydrogen-bond donors (Lipinski definition) is 0. The van der Waals surface area contributed by atoms with E-state index in [1.54, 1.807) is 6.92 Å². The monoisotopic (exact) mass is 293 g/mol. The van der Waals surface area contributed by atoms with Gasteiger partial charge < -0.3 is 4.74 Å². The van der Waals surface area contributed by atoms with Gasteiger partial charge in [0.2, 0.25) is 5.24 Å². The third-order valence-electron chi connectivity index (χ3n) is 3.17. The lowest BCUT2D eigenvalue weighted by Crippen LogP contribution is -2.29. The fourth-order valence-electron chi connectivity index (χ4n) is 2.02. The van der Waals surface area contributed by atoms with E-state index >= 15 is 0 Å². The molecular weight excluding hydrogens is 278 g/mol. The first-order chi connectivity index (χ1) is 9.60. The molecule has 0 saturated carbocycles. The van der Waals surface area contributed by atoms with Crippen LogP contribution in [-0.2, 0) is 20.7 Å². The number of carbonyl (C=O) groups excluding carboxylic acids is 2. The summed E-state index contributed by atoms with van der Waals surface area (Å²) in [6, 6.07) is 7.46. The Labute approximate surface area is 122 Å². The highest BCUT2D eigenvalue weighted by Crippen LogP contribution is 2.21. The molecule has 0 N–H and O–H groups in total. The fourth-order valence-corrected chi connectivity index (χ4v) is 2.15. The maximum atomic E-state index is 11.3. The second-order valence-electron chi connectivity index (χ2n) is 4.60. The molecule has 1 heterocycles. The molecule has 1 aromatic carbocycles. The molecule has 1 unspecified atom stereocenters. The zero-order valence-corrected chi connectivity index (χ0v) is 12.0. The van der Waals surface area contributed by atoms with E-state index in [1.165, 1.54) is 0 Å². The van der Waals surface area contributed by atoms with Gasteiger partial charge in [0.25, 0.3) is 0 Å². The van der Waals surface area contributed by atoms with Crippen molar-refractivity contribution in [2.45, 2.75) is 32.2 Å². The van der Waals surface area contributed by atoms with Gasteiger partial charge in [0.15, 0.2) is 0 Å². The van der Waals surface area contributed by atoms with Crippen LogP contribution in [0.1, 0.15) is 30.9 Å². The predicted octanol–water partition coefficient (Wildman–Crippen LogP) is 2.51. The number of esters is 1. The highest BCUT2D eigenvalue weighted by Gasteiger charge is 2.27. The van der Waals surface area contributed by atoms with Crippen LogP contribution in [0.25, 0.3) is 0 Å². The van der Waals surface area contributed by atoms with Gasteiger partial charge in [0, 0.05) is 18.6 Å². The number of aryl methyl sites for hydroxylation is 1. The van der Waals surface area contributed by atoms with Crippen molar-refractivity contribution in [3.63, 3.8) is 0 Å². The molecule has 0 fully saturated rings. The standard InChI is InChI=1S/C15H16ClNO3/c1-2-20-14(18)8-5-10-3-6-11(7-4-10)12-9-13(17-12)15(16)19/h3-4,6-7,13H,2,5,8-9H2,1H3. The molecule has 1 aliphatic heterocycles. The van der Waals surface area contributed by atoms with Crippen LogP contribution in [0.3, 0.4) is 0 Å². The van der Waals surface area contributed by atoms with Crippen molar-refractivity contribution in [3.8, 4) is 0 Å². The molecule has 0 aromatic heterocycles. The minimum atomic E-state index is -0.403. The largest absolute Gasteiger partial charge is 0.466 e. The maximum Gasteiger partial charge on any atom is 0.306 e. The lowest BCUT2D eigenvalue weighted by atomic mass is 9.96. The Morgan fingerprint density at radius 2 is 2.00 bits per heavy atom. The molecule has 106 valence electrons. The lowest BCUT2D eigenvalue weighted by Gasteiger charge is -2.21. The van der Waals surface area contributed by atoms with E-state index in [-0.39, 0.29) is 12.0 Å². The zero-order valence-electron chi connectivity index (χ0n) is 11.3. The van der Waals surface area contributed by atoms with Crippen LogP contribution in [0.5, 0.6) is 0 Å².